The Balaban J connectivity index is 1.64. The maximum absolute atomic E-state index is 12.4. The zero-order valence-electron chi connectivity index (χ0n) is 12.7. The van der Waals surface area contributed by atoms with Gasteiger partial charge in [-0.05, 0) is 23.3 Å². The number of fused-ring (bicyclic) bond motifs is 1. The summed E-state index contributed by atoms with van der Waals surface area (Å²) in [6, 6.07) is 5.98. The molecule has 0 spiro atoms. The number of thioether (sulfide) groups is 1. The molecule has 2 aliphatic rings. The molecule has 2 unspecified atom stereocenters. The van der Waals surface area contributed by atoms with E-state index in [1.54, 1.807) is 19.2 Å². The molecule has 0 radical (unpaired) electrons. The van der Waals surface area contributed by atoms with Crippen molar-refractivity contribution in [1.82, 2.24) is 4.90 Å². The summed E-state index contributed by atoms with van der Waals surface area (Å²) in [6.07, 6.45) is 0. The number of benzene rings is 1. The Bertz CT molecular complexity index is 646. The number of ether oxygens (including phenoxy) is 2. The number of nitrogens with zero attached hydrogens (tertiary/aromatic N) is 1. The normalized spacial score (nSPS) is 26.3. The summed E-state index contributed by atoms with van der Waals surface area (Å²) in [5.74, 6) is 0.650. The molecule has 0 saturated carbocycles. The van der Waals surface area contributed by atoms with Crippen LogP contribution in [-0.4, -0.2) is 47.1 Å². The number of carbonyl (C=O) groups excluding carboxylic acids is 2. The van der Waals surface area contributed by atoms with Crippen molar-refractivity contribution >= 4 is 23.6 Å². The molecule has 23 heavy (non-hydrogen) atoms. The van der Waals surface area contributed by atoms with Gasteiger partial charge in [0.1, 0.15) is 23.8 Å². The van der Waals surface area contributed by atoms with Gasteiger partial charge in [-0.3, -0.25) is 4.79 Å². The predicted octanol–water partition coefficient (Wildman–Crippen LogP) is 0.906. The monoisotopic (exact) mass is 334 g/mol. The second kappa shape index (κ2) is 6.25. The van der Waals surface area contributed by atoms with Crippen molar-refractivity contribution in [2.24, 2.45) is 5.73 Å². The Morgan fingerprint density at radius 3 is 2.78 bits per heavy atom. The Hall–Kier alpha value is -1.99. The first-order valence-electron chi connectivity index (χ1n) is 7.19. The number of hydrogen-bond acceptors (Lipinski definition) is 6. The lowest BCUT2D eigenvalue weighted by atomic mass is 9.99. The van der Waals surface area contributed by atoms with Gasteiger partial charge in [0, 0.05) is 5.75 Å². The number of carbonyl (C=O) groups is 2. The lowest BCUT2D eigenvalue weighted by molar-refractivity contribution is -0.162. The summed E-state index contributed by atoms with van der Waals surface area (Å²) in [6.45, 7) is 4.04. The fourth-order valence-electron chi connectivity index (χ4n) is 2.67. The van der Waals surface area contributed by atoms with Crippen LogP contribution in [0.4, 0.5) is 0 Å². The number of hydrogen-bond donors (Lipinski definition) is 1. The Labute approximate surface area is 138 Å². The fraction of sp³-hybridized carbons (Fsp3) is 0.375. The van der Waals surface area contributed by atoms with Crippen molar-refractivity contribution in [3.05, 3.63) is 42.0 Å². The topological polar surface area (TPSA) is 81.9 Å². The largest absolute Gasteiger partial charge is 0.497 e. The summed E-state index contributed by atoms with van der Waals surface area (Å²) in [7, 11) is 1.59. The molecule has 2 aliphatic heterocycles. The van der Waals surface area contributed by atoms with E-state index >= 15 is 0 Å². The van der Waals surface area contributed by atoms with Crippen molar-refractivity contribution in [2.75, 3.05) is 12.9 Å². The van der Waals surface area contributed by atoms with Crippen LogP contribution >= 0.6 is 11.8 Å². The van der Waals surface area contributed by atoms with Gasteiger partial charge in [-0.2, -0.15) is 0 Å². The number of nitrogens with two attached hydrogens (primary N) is 1. The first-order chi connectivity index (χ1) is 11.0. The summed E-state index contributed by atoms with van der Waals surface area (Å²) >= 11 is 1.53. The van der Waals surface area contributed by atoms with Gasteiger partial charge in [-0.15, -0.1) is 11.8 Å². The van der Waals surface area contributed by atoms with Crippen LogP contribution in [0.3, 0.4) is 0 Å². The quantitative estimate of drug-likeness (QED) is 0.501. The minimum Gasteiger partial charge on any atom is -0.497 e. The maximum Gasteiger partial charge on any atom is 0.333 e. The lowest BCUT2D eigenvalue weighted by Crippen LogP contribution is -2.73. The van der Waals surface area contributed by atoms with Crippen LogP contribution < -0.4 is 10.5 Å². The molecule has 2 saturated heterocycles. The van der Waals surface area contributed by atoms with Crippen LogP contribution in [0.15, 0.2) is 36.4 Å². The second-order valence-corrected chi connectivity index (χ2v) is 6.59. The number of amides is 1. The molecule has 1 aromatic carbocycles. The molecule has 0 aliphatic carbocycles. The van der Waals surface area contributed by atoms with E-state index in [0.717, 1.165) is 11.3 Å². The molecule has 122 valence electrons. The summed E-state index contributed by atoms with van der Waals surface area (Å²) in [5.41, 5.74) is 7.29. The van der Waals surface area contributed by atoms with E-state index in [-0.39, 0.29) is 17.9 Å². The summed E-state index contributed by atoms with van der Waals surface area (Å²) < 4.78 is 10.4. The smallest absolute Gasteiger partial charge is 0.333 e. The van der Waals surface area contributed by atoms with Crippen LogP contribution in [0.1, 0.15) is 5.56 Å². The maximum atomic E-state index is 12.4. The molecule has 3 atom stereocenters. The first-order valence-corrected chi connectivity index (χ1v) is 8.24. The van der Waals surface area contributed by atoms with E-state index in [1.807, 2.05) is 12.1 Å². The second-order valence-electron chi connectivity index (χ2n) is 5.49. The van der Waals surface area contributed by atoms with Gasteiger partial charge in [0.15, 0.2) is 6.04 Å². The molecule has 2 fully saturated rings. The predicted molar refractivity (Wildman–Crippen MR) is 86.8 cm³/mol. The molecule has 0 aromatic heterocycles. The van der Waals surface area contributed by atoms with Gasteiger partial charge in [0.25, 0.3) is 0 Å². The van der Waals surface area contributed by atoms with Gasteiger partial charge >= 0.3 is 5.97 Å². The third-order valence-electron chi connectivity index (χ3n) is 3.99. The molecular weight excluding hydrogens is 316 g/mol. The number of rotatable bonds is 4. The first kappa shape index (κ1) is 15.9. The highest BCUT2D eigenvalue weighted by atomic mass is 32.2. The Kier molecular flexibility index (Phi) is 4.32. The van der Waals surface area contributed by atoms with E-state index in [0.29, 0.717) is 11.3 Å². The minimum atomic E-state index is -0.730. The minimum absolute atomic E-state index is 0.137. The molecular formula is C16H18N2O4S. The Morgan fingerprint density at radius 1 is 1.43 bits per heavy atom. The third kappa shape index (κ3) is 2.82. The van der Waals surface area contributed by atoms with Crippen LogP contribution in [0.25, 0.3) is 0 Å². The molecule has 2 N–H and O–H groups in total. The van der Waals surface area contributed by atoms with E-state index in [9.17, 15) is 9.59 Å². The van der Waals surface area contributed by atoms with Crippen LogP contribution in [-0.2, 0) is 20.9 Å². The molecule has 3 rings (SSSR count). The van der Waals surface area contributed by atoms with Gasteiger partial charge in [0.05, 0.1) is 7.11 Å². The fourth-order valence-corrected chi connectivity index (χ4v) is 3.92. The molecule has 1 amide bonds. The molecule has 6 nitrogen and oxygen atoms in total. The van der Waals surface area contributed by atoms with Crippen molar-refractivity contribution in [3.8, 4) is 5.75 Å². The number of esters is 1. The highest BCUT2D eigenvalue weighted by Gasteiger charge is 2.54. The summed E-state index contributed by atoms with van der Waals surface area (Å²) in [5, 5.41) is -0.161. The SMILES string of the molecule is C=C1CS[C@H]2C(N)C(=O)N2C1C(=O)OCc1ccc(OC)cc1. The molecule has 1 aromatic rings. The van der Waals surface area contributed by atoms with Crippen LogP contribution in [0.2, 0.25) is 0 Å². The molecule has 7 heteroatoms. The van der Waals surface area contributed by atoms with Gasteiger partial charge in [-0.1, -0.05) is 18.7 Å². The zero-order chi connectivity index (χ0) is 16.6. The van der Waals surface area contributed by atoms with Crippen LogP contribution in [0, 0.1) is 0 Å². The molecule has 2 heterocycles. The van der Waals surface area contributed by atoms with Crippen molar-refractivity contribution in [3.63, 3.8) is 0 Å². The van der Waals surface area contributed by atoms with E-state index < -0.39 is 18.1 Å². The van der Waals surface area contributed by atoms with E-state index in [1.165, 1.54) is 16.7 Å². The zero-order valence-corrected chi connectivity index (χ0v) is 13.5. The number of methoxy groups -OCH3 is 1. The van der Waals surface area contributed by atoms with Gasteiger partial charge < -0.3 is 20.1 Å². The highest BCUT2D eigenvalue weighted by molar-refractivity contribution is 8.00. The van der Waals surface area contributed by atoms with Crippen molar-refractivity contribution in [1.29, 1.82) is 0 Å². The lowest BCUT2D eigenvalue weighted by Gasteiger charge is -2.51. The van der Waals surface area contributed by atoms with Crippen LogP contribution in [0.5, 0.6) is 5.75 Å². The summed E-state index contributed by atoms with van der Waals surface area (Å²) in [4.78, 5) is 25.8. The highest BCUT2D eigenvalue weighted by Crippen LogP contribution is 2.39. The van der Waals surface area contributed by atoms with Crippen molar-refractivity contribution in [2.45, 2.75) is 24.1 Å². The van der Waals surface area contributed by atoms with E-state index in [2.05, 4.69) is 6.58 Å². The molecule has 0 bridgehead atoms. The average molecular weight is 334 g/mol. The Morgan fingerprint density at radius 2 is 2.13 bits per heavy atom. The van der Waals surface area contributed by atoms with Crippen molar-refractivity contribution < 1.29 is 19.1 Å². The van der Waals surface area contributed by atoms with Gasteiger partial charge in [0.2, 0.25) is 5.91 Å². The standard InChI is InChI=1S/C16H18N2O4S/c1-9-8-23-15-12(17)14(19)18(15)13(9)16(20)22-7-10-3-5-11(21-2)6-4-10/h3-6,12-13,15H,1,7-8,17H2,2H3/t12?,13?,15-/m0/s1. The third-order valence-corrected chi connectivity index (χ3v) is 5.39. The van der Waals surface area contributed by atoms with Gasteiger partial charge in [-0.25, -0.2) is 4.79 Å². The van der Waals surface area contributed by atoms with E-state index in [4.69, 9.17) is 15.2 Å². The average Bonchev–Trinajstić information content (AvgIpc) is 2.59. The number of β-lactam (4-membered cyclic amide) rings is 1.